The molecular weight excluding hydrogens is 436 g/mol. The van der Waals surface area contributed by atoms with Crippen LogP contribution in [0.4, 0.5) is 0 Å². The van der Waals surface area contributed by atoms with Crippen LogP contribution in [0.5, 0.6) is 0 Å². The van der Waals surface area contributed by atoms with Crippen molar-refractivity contribution >= 4 is 27.4 Å². The van der Waals surface area contributed by atoms with Crippen LogP contribution in [-0.2, 0) is 21.2 Å². The smallest absolute Gasteiger partial charge is 0.265 e. The van der Waals surface area contributed by atoms with Crippen LogP contribution in [0, 0.1) is 0 Å². The highest BCUT2D eigenvalue weighted by atomic mass is 32.2. The molecule has 0 fully saturated rings. The standard InChI is InChI=1S/C26H22N2O4S/c1-2-17-28-25(26(30)20-13-7-4-8-14-20)24(21-15-9-10-16-22(21)33(28,31)32)27-23(29)18-19-11-5-3-6-12-19/h2-16H,1,17-18H2,(H,27,29). The molecule has 0 aromatic heterocycles. The highest BCUT2D eigenvalue weighted by molar-refractivity contribution is 7.89. The van der Waals surface area contributed by atoms with Crippen molar-refractivity contribution in [1.82, 2.24) is 9.62 Å². The van der Waals surface area contributed by atoms with Gasteiger partial charge in [-0.25, -0.2) is 8.42 Å². The number of nitrogens with zero attached hydrogens (tertiary/aromatic N) is 1. The lowest BCUT2D eigenvalue weighted by atomic mass is 10.0. The van der Waals surface area contributed by atoms with E-state index in [1.165, 1.54) is 12.1 Å². The fourth-order valence-corrected chi connectivity index (χ4v) is 5.39. The van der Waals surface area contributed by atoms with E-state index in [1.807, 2.05) is 30.3 Å². The summed E-state index contributed by atoms with van der Waals surface area (Å²) in [6, 6.07) is 23.9. The second-order valence-electron chi connectivity index (χ2n) is 7.45. The summed E-state index contributed by atoms with van der Waals surface area (Å²) in [4.78, 5) is 26.6. The number of ketones is 1. The molecule has 0 saturated carbocycles. The van der Waals surface area contributed by atoms with E-state index in [2.05, 4.69) is 11.9 Å². The van der Waals surface area contributed by atoms with Gasteiger partial charge < -0.3 is 5.32 Å². The molecule has 6 nitrogen and oxygen atoms in total. The third-order valence-corrected chi connectivity index (χ3v) is 7.05. The van der Waals surface area contributed by atoms with Crippen LogP contribution in [0.1, 0.15) is 21.5 Å². The third-order valence-electron chi connectivity index (χ3n) is 5.23. The predicted octanol–water partition coefficient (Wildman–Crippen LogP) is 3.79. The SMILES string of the molecule is C=CCN1C(C(=O)c2ccccc2)=C(NC(=O)Cc2ccccc2)c2ccccc2S1(=O)=O. The van der Waals surface area contributed by atoms with Gasteiger partial charge in [0.05, 0.1) is 23.6 Å². The van der Waals surface area contributed by atoms with Gasteiger partial charge in [-0.1, -0.05) is 84.9 Å². The number of hydrogen-bond acceptors (Lipinski definition) is 4. The van der Waals surface area contributed by atoms with Crippen molar-refractivity contribution in [2.24, 2.45) is 0 Å². The van der Waals surface area contributed by atoms with Crippen LogP contribution >= 0.6 is 0 Å². The van der Waals surface area contributed by atoms with E-state index in [0.717, 1.165) is 9.87 Å². The highest BCUT2D eigenvalue weighted by Gasteiger charge is 2.39. The molecule has 0 aliphatic carbocycles. The summed E-state index contributed by atoms with van der Waals surface area (Å²) < 4.78 is 27.9. The lowest BCUT2D eigenvalue weighted by Crippen LogP contribution is -2.41. The van der Waals surface area contributed by atoms with Crippen LogP contribution in [0.2, 0.25) is 0 Å². The summed E-state index contributed by atoms with van der Waals surface area (Å²) in [6.45, 7) is 3.53. The molecule has 0 spiro atoms. The van der Waals surface area contributed by atoms with E-state index >= 15 is 0 Å². The van der Waals surface area contributed by atoms with Gasteiger partial charge in [0.15, 0.2) is 0 Å². The van der Waals surface area contributed by atoms with E-state index in [4.69, 9.17) is 0 Å². The van der Waals surface area contributed by atoms with E-state index in [9.17, 15) is 18.0 Å². The van der Waals surface area contributed by atoms with Crippen molar-refractivity contribution in [1.29, 1.82) is 0 Å². The lowest BCUT2D eigenvalue weighted by Gasteiger charge is -2.33. The fourth-order valence-electron chi connectivity index (χ4n) is 3.74. The van der Waals surface area contributed by atoms with Crippen LogP contribution in [-0.4, -0.2) is 31.0 Å². The Morgan fingerprint density at radius 1 is 0.879 bits per heavy atom. The number of benzene rings is 3. The first-order valence-corrected chi connectivity index (χ1v) is 11.8. The molecule has 3 aromatic rings. The first kappa shape index (κ1) is 22.2. The van der Waals surface area contributed by atoms with Gasteiger partial charge in [-0.2, -0.15) is 0 Å². The van der Waals surface area contributed by atoms with Gasteiger partial charge in [-0.3, -0.25) is 13.9 Å². The molecule has 0 unspecified atom stereocenters. The number of Topliss-reactive ketones (excluding diaryl/α,β-unsaturated/α-hetero) is 1. The third kappa shape index (κ3) is 4.36. The van der Waals surface area contributed by atoms with Crippen molar-refractivity contribution < 1.29 is 18.0 Å². The van der Waals surface area contributed by atoms with E-state index in [0.29, 0.717) is 5.56 Å². The minimum absolute atomic E-state index is 0.0199. The summed E-state index contributed by atoms with van der Waals surface area (Å²) in [5, 5.41) is 2.83. The summed E-state index contributed by atoms with van der Waals surface area (Å²) in [5.74, 6) is -0.868. The molecule has 7 heteroatoms. The Balaban J connectivity index is 1.89. The lowest BCUT2D eigenvalue weighted by molar-refractivity contribution is -0.119. The molecule has 0 bridgehead atoms. The van der Waals surface area contributed by atoms with Crippen molar-refractivity contribution in [3.63, 3.8) is 0 Å². The average molecular weight is 459 g/mol. The second kappa shape index (κ2) is 9.26. The number of allylic oxidation sites excluding steroid dienone is 1. The maximum absolute atomic E-state index is 13.6. The monoisotopic (exact) mass is 458 g/mol. The average Bonchev–Trinajstić information content (AvgIpc) is 2.83. The van der Waals surface area contributed by atoms with Crippen LogP contribution in [0.3, 0.4) is 0 Å². The molecule has 0 saturated heterocycles. The predicted molar refractivity (Wildman–Crippen MR) is 127 cm³/mol. The van der Waals surface area contributed by atoms with Gasteiger partial charge in [0.25, 0.3) is 10.0 Å². The largest absolute Gasteiger partial charge is 0.323 e. The summed E-state index contributed by atoms with van der Waals surface area (Å²) in [5.41, 5.74) is 1.44. The zero-order valence-electron chi connectivity index (χ0n) is 17.8. The zero-order valence-corrected chi connectivity index (χ0v) is 18.6. The van der Waals surface area contributed by atoms with Crippen molar-refractivity contribution in [2.75, 3.05) is 6.54 Å². The Morgan fingerprint density at radius 3 is 2.15 bits per heavy atom. The van der Waals surface area contributed by atoms with Crippen molar-refractivity contribution in [2.45, 2.75) is 11.3 Å². The van der Waals surface area contributed by atoms with Crippen molar-refractivity contribution in [3.8, 4) is 0 Å². The van der Waals surface area contributed by atoms with Gasteiger partial charge in [-0.15, -0.1) is 6.58 Å². The van der Waals surface area contributed by atoms with Gasteiger partial charge in [-0.05, 0) is 11.6 Å². The molecule has 4 rings (SSSR count). The number of rotatable bonds is 7. The number of carbonyl (C=O) groups is 2. The summed E-state index contributed by atoms with van der Waals surface area (Å²) in [7, 11) is -4.04. The number of amides is 1. The van der Waals surface area contributed by atoms with Gasteiger partial charge >= 0.3 is 0 Å². The van der Waals surface area contributed by atoms with Gasteiger partial charge in [0.2, 0.25) is 11.7 Å². The Kier molecular flexibility index (Phi) is 6.24. The molecule has 1 N–H and O–H groups in total. The molecule has 1 aliphatic heterocycles. The Hall–Kier alpha value is -3.97. The Labute approximate surface area is 192 Å². The molecule has 1 aliphatic rings. The molecule has 0 radical (unpaired) electrons. The van der Waals surface area contributed by atoms with E-state index < -0.39 is 15.8 Å². The number of carbonyl (C=O) groups excluding carboxylic acids is 2. The first-order chi connectivity index (χ1) is 15.9. The molecule has 0 atom stereocenters. The van der Waals surface area contributed by atoms with Crippen molar-refractivity contribution in [3.05, 3.63) is 120 Å². The fraction of sp³-hybridized carbons (Fsp3) is 0.0769. The minimum atomic E-state index is -4.04. The quantitative estimate of drug-likeness (QED) is 0.431. The van der Waals surface area contributed by atoms with Gasteiger partial charge in [0.1, 0.15) is 5.70 Å². The van der Waals surface area contributed by atoms with Crippen LogP contribution < -0.4 is 5.32 Å². The van der Waals surface area contributed by atoms with E-state index in [1.54, 1.807) is 48.5 Å². The number of nitrogens with one attached hydrogen (secondary N) is 1. The second-order valence-corrected chi connectivity index (χ2v) is 9.28. The number of hydrogen-bond donors (Lipinski definition) is 1. The molecule has 3 aromatic carbocycles. The highest BCUT2D eigenvalue weighted by Crippen LogP contribution is 2.37. The Bertz CT molecular complexity index is 1350. The van der Waals surface area contributed by atoms with Crippen LogP contribution in [0.25, 0.3) is 5.70 Å². The zero-order chi connectivity index (χ0) is 23.4. The molecule has 1 heterocycles. The number of sulfonamides is 1. The minimum Gasteiger partial charge on any atom is -0.323 e. The maximum atomic E-state index is 13.6. The molecule has 1 amide bonds. The summed E-state index contributed by atoms with van der Waals surface area (Å²) in [6.07, 6.45) is 1.49. The van der Waals surface area contributed by atoms with Crippen LogP contribution in [0.15, 0.2) is 108 Å². The Morgan fingerprint density at radius 2 is 1.48 bits per heavy atom. The molecule has 33 heavy (non-hydrogen) atoms. The molecular formula is C26H22N2O4S. The van der Waals surface area contributed by atoms with Gasteiger partial charge in [0, 0.05) is 11.1 Å². The van der Waals surface area contributed by atoms with E-state index in [-0.39, 0.29) is 40.7 Å². The topological polar surface area (TPSA) is 83.6 Å². The first-order valence-electron chi connectivity index (χ1n) is 10.3. The molecule has 166 valence electrons. The maximum Gasteiger partial charge on any atom is 0.265 e. The normalized spacial score (nSPS) is 14.4. The summed E-state index contributed by atoms with van der Waals surface area (Å²) >= 11 is 0. The number of fused-ring (bicyclic) bond motifs is 1.